The molecule has 0 unspecified atom stereocenters. The highest BCUT2D eigenvalue weighted by atomic mass is 16.5. The van der Waals surface area contributed by atoms with E-state index < -0.39 is 23.2 Å². The zero-order valence-corrected chi connectivity index (χ0v) is 18.3. The summed E-state index contributed by atoms with van der Waals surface area (Å²) in [5.74, 6) is -2.36. The third-order valence-corrected chi connectivity index (χ3v) is 4.88. The molecule has 0 saturated carbocycles. The molecule has 0 saturated heterocycles. The highest BCUT2D eigenvalue weighted by Gasteiger charge is 2.14. The number of allylic oxidation sites excluding steroid dienone is 4. The van der Waals surface area contributed by atoms with Crippen LogP contribution in [0.1, 0.15) is 94.3 Å². The van der Waals surface area contributed by atoms with E-state index in [1.807, 2.05) is 0 Å². The van der Waals surface area contributed by atoms with Crippen molar-refractivity contribution >= 4 is 5.97 Å². The fourth-order valence-electron chi connectivity index (χ4n) is 3.06. The first-order valence-corrected chi connectivity index (χ1v) is 11.3. The van der Waals surface area contributed by atoms with Gasteiger partial charge in [0.25, 0.3) is 0 Å². The summed E-state index contributed by atoms with van der Waals surface area (Å²) in [5.41, 5.74) is 0.0165. The molecule has 1 rings (SSSR count). The Morgan fingerprint density at radius 3 is 1.93 bits per heavy atom. The van der Waals surface area contributed by atoms with Gasteiger partial charge in [0.15, 0.2) is 17.2 Å². The monoisotopic (exact) mass is 418 g/mol. The van der Waals surface area contributed by atoms with E-state index in [9.17, 15) is 20.1 Å². The SMILES string of the molecule is CCCCCC=CCC=CCCCCCCCCOC(=O)c1cc(O)c(O)c(O)c1. The van der Waals surface area contributed by atoms with Crippen LogP contribution in [0.5, 0.6) is 17.2 Å². The van der Waals surface area contributed by atoms with Gasteiger partial charge in [-0.25, -0.2) is 4.79 Å². The Balaban J connectivity index is 1.96. The van der Waals surface area contributed by atoms with E-state index in [0.29, 0.717) is 6.61 Å². The second-order valence-corrected chi connectivity index (χ2v) is 7.58. The van der Waals surface area contributed by atoms with E-state index in [2.05, 4.69) is 31.2 Å². The number of esters is 1. The molecule has 0 aromatic heterocycles. The maximum absolute atomic E-state index is 11.9. The lowest BCUT2D eigenvalue weighted by atomic mass is 10.1. The van der Waals surface area contributed by atoms with E-state index in [1.54, 1.807) is 0 Å². The summed E-state index contributed by atoms with van der Waals surface area (Å²) in [7, 11) is 0. The smallest absolute Gasteiger partial charge is 0.338 e. The molecule has 0 radical (unpaired) electrons. The summed E-state index contributed by atoms with van der Waals surface area (Å²) < 4.78 is 5.14. The van der Waals surface area contributed by atoms with Gasteiger partial charge in [0.1, 0.15) is 0 Å². The van der Waals surface area contributed by atoms with Gasteiger partial charge in [-0.15, -0.1) is 0 Å². The van der Waals surface area contributed by atoms with E-state index in [0.717, 1.165) is 44.2 Å². The van der Waals surface area contributed by atoms with Crippen LogP contribution >= 0.6 is 0 Å². The summed E-state index contributed by atoms with van der Waals surface area (Å²) in [4.78, 5) is 11.9. The first kappa shape index (κ1) is 25.6. The van der Waals surface area contributed by atoms with Crippen LogP contribution in [0.4, 0.5) is 0 Å². The molecule has 5 heteroatoms. The van der Waals surface area contributed by atoms with Crippen molar-refractivity contribution in [3.05, 3.63) is 42.0 Å². The average Bonchev–Trinajstić information content (AvgIpc) is 2.73. The quantitative estimate of drug-likeness (QED) is 0.119. The minimum absolute atomic E-state index is 0.0165. The van der Waals surface area contributed by atoms with Crippen molar-refractivity contribution in [1.29, 1.82) is 0 Å². The molecule has 1 aromatic carbocycles. The van der Waals surface area contributed by atoms with Crippen LogP contribution in [0.25, 0.3) is 0 Å². The molecule has 0 fully saturated rings. The van der Waals surface area contributed by atoms with Crippen LogP contribution in [0, 0.1) is 0 Å². The van der Waals surface area contributed by atoms with Gasteiger partial charge in [-0.05, 0) is 50.7 Å². The average molecular weight is 419 g/mol. The molecule has 0 aliphatic carbocycles. The topological polar surface area (TPSA) is 87.0 Å². The Hall–Kier alpha value is -2.43. The molecule has 0 aliphatic rings. The van der Waals surface area contributed by atoms with Crippen molar-refractivity contribution in [3.63, 3.8) is 0 Å². The van der Waals surface area contributed by atoms with Crippen LogP contribution in [0.2, 0.25) is 0 Å². The van der Waals surface area contributed by atoms with Gasteiger partial charge in [0.05, 0.1) is 12.2 Å². The van der Waals surface area contributed by atoms with Crippen LogP contribution in [-0.2, 0) is 4.74 Å². The number of carbonyl (C=O) groups excluding carboxylic acids is 1. The van der Waals surface area contributed by atoms with E-state index in [-0.39, 0.29) is 5.56 Å². The van der Waals surface area contributed by atoms with Crippen LogP contribution in [0.3, 0.4) is 0 Å². The minimum atomic E-state index is -0.642. The largest absolute Gasteiger partial charge is 0.504 e. The molecule has 1 aromatic rings. The zero-order valence-electron chi connectivity index (χ0n) is 18.3. The first-order chi connectivity index (χ1) is 14.6. The van der Waals surface area contributed by atoms with Gasteiger partial charge in [-0.2, -0.15) is 0 Å². The lowest BCUT2D eigenvalue weighted by Crippen LogP contribution is -2.06. The number of hydrogen-bond donors (Lipinski definition) is 3. The van der Waals surface area contributed by atoms with Crippen LogP contribution in [-0.4, -0.2) is 27.9 Å². The molecule has 0 heterocycles. The summed E-state index contributed by atoms with van der Waals surface area (Å²) in [5, 5.41) is 28.1. The summed E-state index contributed by atoms with van der Waals surface area (Å²) in [6, 6.07) is 2.16. The van der Waals surface area contributed by atoms with Crippen molar-refractivity contribution in [2.24, 2.45) is 0 Å². The number of rotatable bonds is 16. The zero-order chi connectivity index (χ0) is 22.0. The predicted molar refractivity (Wildman–Crippen MR) is 121 cm³/mol. The van der Waals surface area contributed by atoms with Crippen LogP contribution < -0.4 is 0 Å². The number of ether oxygens (including phenoxy) is 1. The van der Waals surface area contributed by atoms with Gasteiger partial charge in [0.2, 0.25) is 0 Å². The summed E-state index contributed by atoms with van der Waals surface area (Å²) >= 11 is 0. The molecular formula is C25H38O5. The number of benzene rings is 1. The highest BCUT2D eigenvalue weighted by Crippen LogP contribution is 2.35. The standard InChI is InChI=1S/C25H38O5/c1-2-3-4-5-6-7-8-9-10-11-12-13-14-15-16-17-18-30-25(29)21-19-22(26)24(28)23(27)20-21/h6-7,9-10,19-20,26-28H,2-5,8,11-18H2,1H3. The van der Waals surface area contributed by atoms with Crippen LogP contribution in [0.15, 0.2) is 36.4 Å². The Bertz CT molecular complexity index is 640. The summed E-state index contributed by atoms with van der Waals surface area (Å²) in [6.07, 6.45) is 22.8. The number of phenolic OH excluding ortho intramolecular Hbond substituents is 3. The van der Waals surface area contributed by atoms with E-state index in [4.69, 9.17) is 4.74 Å². The molecule has 30 heavy (non-hydrogen) atoms. The Morgan fingerprint density at radius 2 is 1.33 bits per heavy atom. The maximum Gasteiger partial charge on any atom is 0.338 e. The van der Waals surface area contributed by atoms with Crippen molar-refractivity contribution in [2.75, 3.05) is 6.61 Å². The Labute approximate surface area is 181 Å². The second kappa shape index (κ2) is 16.4. The number of hydrogen-bond acceptors (Lipinski definition) is 5. The highest BCUT2D eigenvalue weighted by molar-refractivity contribution is 5.91. The third kappa shape index (κ3) is 11.5. The molecule has 0 amide bonds. The molecule has 0 aliphatic heterocycles. The molecule has 0 spiro atoms. The van der Waals surface area contributed by atoms with Gasteiger partial charge in [-0.1, -0.05) is 69.8 Å². The molecular weight excluding hydrogens is 380 g/mol. The molecule has 168 valence electrons. The third-order valence-electron chi connectivity index (χ3n) is 4.88. The Kier molecular flexibility index (Phi) is 14.0. The first-order valence-electron chi connectivity index (χ1n) is 11.3. The van der Waals surface area contributed by atoms with Crippen molar-refractivity contribution in [2.45, 2.75) is 84.0 Å². The van der Waals surface area contributed by atoms with Crippen molar-refractivity contribution < 1.29 is 24.9 Å². The van der Waals surface area contributed by atoms with Gasteiger partial charge < -0.3 is 20.1 Å². The fraction of sp³-hybridized carbons (Fsp3) is 0.560. The van der Waals surface area contributed by atoms with Gasteiger partial charge in [0, 0.05) is 0 Å². The number of phenols is 3. The lowest BCUT2D eigenvalue weighted by molar-refractivity contribution is 0.0496. The normalized spacial score (nSPS) is 11.5. The number of aromatic hydroxyl groups is 3. The van der Waals surface area contributed by atoms with Gasteiger partial charge >= 0.3 is 5.97 Å². The molecule has 5 nitrogen and oxygen atoms in total. The Morgan fingerprint density at radius 1 is 0.800 bits per heavy atom. The number of carbonyl (C=O) groups is 1. The number of unbranched alkanes of at least 4 members (excludes halogenated alkanes) is 9. The molecule has 0 atom stereocenters. The summed E-state index contributed by atoms with van der Waals surface area (Å²) in [6.45, 7) is 2.53. The molecule has 3 N–H and O–H groups in total. The maximum atomic E-state index is 11.9. The predicted octanol–water partition coefficient (Wildman–Crippen LogP) is 6.77. The van der Waals surface area contributed by atoms with E-state index in [1.165, 1.54) is 44.9 Å². The fourth-order valence-corrected chi connectivity index (χ4v) is 3.06. The molecule has 0 bridgehead atoms. The minimum Gasteiger partial charge on any atom is -0.504 e. The van der Waals surface area contributed by atoms with E-state index >= 15 is 0 Å². The van der Waals surface area contributed by atoms with Crippen molar-refractivity contribution in [3.8, 4) is 17.2 Å². The van der Waals surface area contributed by atoms with Crippen molar-refractivity contribution in [1.82, 2.24) is 0 Å². The van der Waals surface area contributed by atoms with Gasteiger partial charge in [-0.3, -0.25) is 0 Å². The lowest BCUT2D eigenvalue weighted by Gasteiger charge is -2.07. The second-order valence-electron chi connectivity index (χ2n) is 7.58.